The van der Waals surface area contributed by atoms with Gasteiger partial charge in [0.25, 0.3) is 0 Å². The van der Waals surface area contributed by atoms with Crippen LogP contribution in [0.4, 0.5) is 9.59 Å². The van der Waals surface area contributed by atoms with Crippen molar-refractivity contribution in [1.29, 1.82) is 0 Å². The zero-order chi connectivity index (χ0) is 16.5. The average Bonchev–Trinajstić information content (AvgIpc) is 2.47. The molecule has 0 aliphatic heterocycles. The molecule has 2 aromatic carbocycles. The van der Waals surface area contributed by atoms with E-state index in [-0.39, 0.29) is 11.5 Å². The number of carbonyl (C=O) groups is 3. The Morgan fingerprint density at radius 3 is 1.73 bits per heavy atom. The van der Waals surface area contributed by atoms with Crippen LogP contribution in [0.2, 0.25) is 0 Å². The molecule has 3 N–H and O–H groups in total. The van der Waals surface area contributed by atoms with Crippen molar-refractivity contribution >= 4 is 18.1 Å². The summed E-state index contributed by atoms with van der Waals surface area (Å²) in [5.74, 6) is -0.139. The van der Waals surface area contributed by atoms with E-state index in [1.54, 1.807) is 42.5 Å². The summed E-state index contributed by atoms with van der Waals surface area (Å²) in [6.07, 6.45) is -3.62. The molecule has 0 aliphatic carbocycles. The van der Waals surface area contributed by atoms with Gasteiger partial charge >= 0.3 is 12.3 Å². The zero-order valence-electron chi connectivity index (χ0n) is 11.2. The largest absolute Gasteiger partial charge is 0.516 e. The van der Waals surface area contributed by atoms with Gasteiger partial charge in [-0.2, -0.15) is 0 Å². The van der Waals surface area contributed by atoms with Gasteiger partial charge < -0.3 is 20.1 Å². The van der Waals surface area contributed by atoms with Crippen molar-refractivity contribution in [3.63, 3.8) is 0 Å². The van der Waals surface area contributed by atoms with Gasteiger partial charge in [-0.1, -0.05) is 42.5 Å². The number of hydrogen-bond donors (Lipinski definition) is 3. The Morgan fingerprint density at radius 2 is 1.27 bits per heavy atom. The molecular formula is C15H12O7. The molecule has 0 saturated carbocycles. The molecule has 0 spiro atoms. The zero-order valence-corrected chi connectivity index (χ0v) is 11.2. The molecule has 0 saturated heterocycles. The monoisotopic (exact) mass is 304 g/mol. The smallest absolute Gasteiger partial charge is 0.507 e. The number of phenolic OH excluding ortho intramolecular Hbond substituents is 1. The highest BCUT2D eigenvalue weighted by Crippen LogP contribution is 2.19. The van der Waals surface area contributed by atoms with Crippen LogP contribution in [-0.2, 0) is 4.74 Å². The van der Waals surface area contributed by atoms with Crippen LogP contribution in [0.5, 0.6) is 5.75 Å². The number of ketones is 1. The third kappa shape index (κ3) is 5.33. The summed E-state index contributed by atoms with van der Waals surface area (Å²) in [5, 5.41) is 24.5. The van der Waals surface area contributed by atoms with Gasteiger partial charge in [0.2, 0.25) is 0 Å². The summed E-state index contributed by atoms with van der Waals surface area (Å²) in [6, 6.07) is 15.5. The summed E-state index contributed by atoms with van der Waals surface area (Å²) in [5.41, 5.74) is 0.919. The predicted octanol–water partition coefficient (Wildman–Crippen LogP) is 2.98. The number of aromatic hydroxyl groups is 1. The third-order valence-electron chi connectivity index (χ3n) is 2.36. The maximum atomic E-state index is 11.9. The number of carboxylic acid groups (broad SMARTS) is 2. The first-order valence-electron chi connectivity index (χ1n) is 5.93. The average molecular weight is 304 g/mol. The molecule has 22 heavy (non-hydrogen) atoms. The Bertz CT molecular complexity index is 653. The van der Waals surface area contributed by atoms with Gasteiger partial charge in [-0.25, -0.2) is 9.59 Å². The predicted molar refractivity (Wildman–Crippen MR) is 75.1 cm³/mol. The maximum absolute atomic E-state index is 11.9. The van der Waals surface area contributed by atoms with Crippen LogP contribution < -0.4 is 0 Å². The van der Waals surface area contributed by atoms with Gasteiger partial charge in [0.05, 0.1) is 5.56 Å². The first-order chi connectivity index (χ1) is 10.4. The van der Waals surface area contributed by atoms with Crippen LogP contribution in [-0.4, -0.2) is 33.4 Å². The number of para-hydroxylation sites is 1. The molecule has 0 fully saturated rings. The standard InChI is InChI=1S/C13H10O2.C2H2O5/c14-12-9-5-4-8-11(12)13(15)10-6-2-1-3-7-10;3-1(4)7-2(5)6/h1-9,14H;(H,3,4)(H,5,6). The number of hydrogen-bond acceptors (Lipinski definition) is 5. The lowest BCUT2D eigenvalue weighted by molar-refractivity contribution is 0.0801. The van der Waals surface area contributed by atoms with Crippen molar-refractivity contribution < 1.29 is 34.4 Å². The Morgan fingerprint density at radius 1 is 0.773 bits per heavy atom. The van der Waals surface area contributed by atoms with Crippen molar-refractivity contribution in [2.24, 2.45) is 0 Å². The van der Waals surface area contributed by atoms with Crippen molar-refractivity contribution in [2.45, 2.75) is 0 Å². The van der Waals surface area contributed by atoms with Crippen molar-refractivity contribution in [1.82, 2.24) is 0 Å². The van der Waals surface area contributed by atoms with Gasteiger partial charge in [0, 0.05) is 5.56 Å². The minimum Gasteiger partial charge on any atom is -0.507 e. The summed E-state index contributed by atoms with van der Waals surface area (Å²) in [6.45, 7) is 0. The van der Waals surface area contributed by atoms with E-state index in [9.17, 15) is 19.5 Å². The lowest BCUT2D eigenvalue weighted by Gasteiger charge is -2.02. The second-order valence-electron chi connectivity index (χ2n) is 3.85. The molecule has 0 radical (unpaired) electrons. The summed E-state index contributed by atoms with van der Waals surface area (Å²) < 4.78 is 3.08. The van der Waals surface area contributed by atoms with Gasteiger partial charge in [-0.05, 0) is 12.1 Å². The normalized spacial score (nSPS) is 9.09. The lowest BCUT2D eigenvalue weighted by atomic mass is 10.0. The minimum absolute atomic E-state index is 0.0198. The van der Waals surface area contributed by atoms with Gasteiger partial charge in [0.1, 0.15) is 5.75 Å². The molecular weight excluding hydrogens is 292 g/mol. The Kier molecular flexibility index (Phi) is 6.11. The first-order valence-corrected chi connectivity index (χ1v) is 5.93. The minimum atomic E-state index is -1.81. The number of benzene rings is 2. The Labute approximate surface area is 125 Å². The van der Waals surface area contributed by atoms with Crippen LogP contribution in [0.15, 0.2) is 54.6 Å². The summed E-state index contributed by atoms with van der Waals surface area (Å²) >= 11 is 0. The number of phenols is 1. The molecule has 0 amide bonds. The fraction of sp³-hybridized carbons (Fsp3) is 0. The second-order valence-corrected chi connectivity index (χ2v) is 3.85. The molecule has 0 aromatic heterocycles. The van der Waals surface area contributed by atoms with Crippen LogP contribution >= 0.6 is 0 Å². The van der Waals surface area contributed by atoms with Crippen LogP contribution in [0.1, 0.15) is 15.9 Å². The highest BCUT2D eigenvalue weighted by molar-refractivity contribution is 6.10. The fourth-order valence-corrected chi connectivity index (χ4v) is 1.49. The van der Waals surface area contributed by atoms with E-state index in [0.29, 0.717) is 11.1 Å². The Hall–Kier alpha value is -3.35. The van der Waals surface area contributed by atoms with E-state index in [4.69, 9.17) is 10.2 Å². The number of carbonyl (C=O) groups excluding carboxylic acids is 1. The first kappa shape index (κ1) is 16.7. The molecule has 7 nitrogen and oxygen atoms in total. The van der Waals surface area contributed by atoms with E-state index in [2.05, 4.69) is 4.74 Å². The van der Waals surface area contributed by atoms with Crippen molar-refractivity contribution in [3.8, 4) is 5.75 Å². The maximum Gasteiger partial charge on any atom is 0.516 e. The third-order valence-corrected chi connectivity index (χ3v) is 2.36. The fourth-order valence-electron chi connectivity index (χ4n) is 1.49. The van der Waals surface area contributed by atoms with E-state index in [0.717, 1.165) is 0 Å². The molecule has 0 aliphatic rings. The molecule has 0 bridgehead atoms. The summed E-state index contributed by atoms with van der Waals surface area (Å²) in [7, 11) is 0. The van der Waals surface area contributed by atoms with Crippen LogP contribution in [0.25, 0.3) is 0 Å². The lowest BCUT2D eigenvalue weighted by Crippen LogP contribution is -2.05. The second kappa shape index (κ2) is 8.05. The number of ether oxygens (including phenoxy) is 1. The van der Waals surface area contributed by atoms with E-state index >= 15 is 0 Å². The van der Waals surface area contributed by atoms with Gasteiger partial charge in [-0.3, -0.25) is 4.79 Å². The highest BCUT2D eigenvalue weighted by atomic mass is 16.7. The quantitative estimate of drug-likeness (QED) is 0.443. The molecule has 0 unspecified atom stereocenters. The van der Waals surface area contributed by atoms with Crippen molar-refractivity contribution in [3.05, 3.63) is 65.7 Å². The van der Waals surface area contributed by atoms with E-state index in [1.807, 2.05) is 6.07 Å². The van der Waals surface area contributed by atoms with Crippen molar-refractivity contribution in [2.75, 3.05) is 0 Å². The van der Waals surface area contributed by atoms with E-state index < -0.39 is 12.3 Å². The van der Waals surface area contributed by atoms with Crippen LogP contribution in [0, 0.1) is 0 Å². The molecule has 2 aromatic rings. The SMILES string of the molecule is O=C(O)OC(=O)O.O=C(c1ccccc1)c1ccccc1O. The highest BCUT2D eigenvalue weighted by Gasteiger charge is 2.11. The Balaban J connectivity index is 0.000000295. The molecule has 114 valence electrons. The van der Waals surface area contributed by atoms with Gasteiger partial charge in [0.15, 0.2) is 5.78 Å². The molecule has 7 heteroatoms. The molecule has 2 rings (SSSR count). The molecule has 0 atom stereocenters. The topological polar surface area (TPSA) is 121 Å². The van der Waals surface area contributed by atoms with Gasteiger partial charge in [-0.15, -0.1) is 0 Å². The van der Waals surface area contributed by atoms with Crippen LogP contribution in [0.3, 0.4) is 0 Å². The molecule has 0 heterocycles. The summed E-state index contributed by atoms with van der Waals surface area (Å²) in [4.78, 5) is 30.3. The number of rotatable bonds is 2. The van der Waals surface area contributed by atoms with E-state index in [1.165, 1.54) is 6.07 Å².